The molecule has 0 fully saturated rings. The molecule has 0 aliphatic heterocycles. The van der Waals surface area contributed by atoms with Crippen LogP contribution in [-0.4, -0.2) is 24.1 Å². The standard InChI is InChI=1S/C16H26FNS/c1-16(2,3)18-12-14(8-9-19-4)10-13-6-5-7-15(17)11-13/h5-7,11,14,18H,8-10,12H2,1-4H3. The molecule has 0 aromatic heterocycles. The van der Waals surface area contributed by atoms with Crippen LogP contribution in [0.4, 0.5) is 4.39 Å². The number of nitrogens with one attached hydrogen (secondary N) is 1. The number of hydrogen-bond donors (Lipinski definition) is 1. The molecule has 1 unspecified atom stereocenters. The lowest BCUT2D eigenvalue weighted by Gasteiger charge is -2.25. The first kappa shape index (κ1) is 16.5. The van der Waals surface area contributed by atoms with Gasteiger partial charge in [0.25, 0.3) is 0 Å². The van der Waals surface area contributed by atoms with E-state index in [1.54, 1.807) is 12.1 Å². The molecule has 1 aromatic rings. The van der Waals surface area contributed by atoms with Gasteiger partial charge in [0.05, 0.1) is 0 Å². The Morgan fingerprint density at radius 2 is 2.05 bits per heavy atom. The highest BCUT2D eigenvalue weighted by Crippen LogP contribution is 2.16. The van der Waals surface area contributed by atoms with E-state index in [0.29, 0.717) is 5.92 Å². The van der Waals surface area contributed by atoms with E-state index >= 15 is 0 Å². The predicted molar refractivity (Wildman–Crippen MR) is 84.3 cm³/mol. The Hall–Kier alpha value is -0.540. The van der Waals surface area contributed by atoms with Gasteiger partial charge in [-0.1, -0.05) is 12.1 Å². The third-order valence-corrected chi connectivity index (χ3v) is 3.71. The molecular formula is C16H26FNS. The van der Waals surface area contributed by atoms with Crippen LogP contribution in [0.5, 0.6) is 0 Å². The summed E-state index contributed by atoms with van der Waals surface area (Å²) in [5.74, 6) is 1.59. The van der Waals surface area contributed by atoms with E-state index in [4.69, 9.17) is 0 Å². The third-order valence-electron chi connectivity index (χ3n) is 3.06. The molecule has 0 aliphatic carbocycles. The second-order valence-electron chi connectivity index (χ2n) is 6.11. The van der Waals surface area contributed by atoms with Gasteiger partial charge >= 0.3 is 0 Å². The lowest BCUT2D eigenvalue weighted by Crippen LogP contribution is -2.39. The Morgan fingerprint density at radius 3 is 2.63 bits per heavy atom. The van der Waals surface area contributed by atoms with E-state index in [-0.39, 0.29) is 11.4 Å². The molecule has 19 heavy (non-hydrogen) atoms. The second kappa shape index (κ2) is 7.91. The number of halogens is 1. The maximum atomic E-state index is 13.2. The van der Waals surface area contributed by atoms with Gasteiger partial charge in [-0.25, -0.2) is 4.39 Å². The van der Waals surface area contributed by atoms with Gasteiger partial charge in [-0.3, -0.25) is 0 Å². The van der Waals surface area contributed by atoms with Crippen molar-refractivity contribution in [3.63, 3.8) is 0 Å². The first-order chi connectivity index (χ1) is 8.90. The normalized spacial score (nSPS) is 13.5. The highest BCUT2D eigenvalue weighted by molar-refractivity contribution is 7.98. The van der Waals surface area contributed by atoms with Crippen molar-refractivity contribution in [2.24, 2.45) is 5.92 Å². The molecule has 0 spiro atoms. The molecule has 1 aromatic carbocycles. The van der Waals surface area contributed by atoms with E-state index in [2.05, 4.69) is 32.3 Å². The minimum atomic E-state index is -0.134. The molecule has 1 rings (SSSR count). The highest BCUT2D eigenvalue weighted by atomic mass is 32.2. The van der Waals surface area contributed by atoms with Crippen molar-refractivity contribution in [1.82, 2.24) is 5.32 Å². The van der Waals surface area contributed by atoms with Crippen molar-refractivity contribution >= 4 is 11.8 Å². The summed E-state index contributed by atoms with van der Waals surface area (Å²) >= 11 is 1.88. The smallest absolute Gasteiger partial charge is 0.123 e. The lowest BCUT2D eigenvalue weighted by atomic mass is 9.95. The van der Waals surface area contributed by atoms with E-state index in [1.165, 1.54) is 12.5 Å². The molecule has 1 atom stereocenters. The van der Waals surface area contributed by atoms with Gasteiger partial charge in [0.2, 0.25) is 0 Å². The summed E-state index contributed by atoms with van der Waals surface area (Å²) in [6, 6.07) is 6.98. The van der Waals surface area contributed by atoms with Crippen LogP contribution in [-0.2, 0) is 6.42 Å². The van der Waals surface area contributed by atoms with Crippen LogP contribution >= 0.6 is 11.8 Å². The van der Waals surface area contributed by atoms with Crippen LogP contribution in [0.3, 0.4) is 0 Å². The Morgan fingerprint density at radius 1 is 1.32 bits per heavy atom. The maximum absolute atomic E-state index is 13.2. The molecule has 0 radical (unpaired) electrons. The van der Waals surface area contributed by atoms with Crippen LogP contribution in [0.15, 0.2) is 24.3 Å². The molecule has 0 aliphatic rings. The molecule has 0 amide bonds. The van der Waals surface area contributed by atoms with Gasteiger partial charge in [-0.15, -0.1) is 0 Å². The van der Waals surface area contributed by atoms with E-state index in [0.717, 1.165) is 24.3 Å². The zero-order chi connectivity index (χ0) is 14.3. The minimum absolute atomic E-state index is 0.134. The van der Waals surface area contributed by atoms with Crippen LogP contribution in [0, 0.1) is 11.7 Å². The van der Waals surface area contributed by atoms with Crippen LogP contribution < -0.4 is 5.32 Å². The minimum Gasteiger partial charge on any atom is -0.312 e. The fourth-order valence-electron chi connectivity index (χ4n) is 2.01. The van der Waals surface area contributed by atoms with Crippen molar-refractivity contribution in [2.75, 3.05) is 18.6 Å². The Labute approximate surface area is 121 Å². The monoisotopic (exact) mass is 283 g/mol. The fourth-order valence-corrected chi connectivity index (χ4v) is 2.58. The van der Waals surface area contributed by atoms with Crippen LogP contribution in [0.25, 0.3) is 0 Å². The molecule has 1 nitrogen and oxygen atoms in total. The number of thioether (sulfide) groups is 1. The van der Waals surface area contributed by atoms with Crippen LogP contribution in [0.2, 0.25) is 0 Å². The number of hydrogen-bond acceptors (Lipinski definition) is 2. The Bertz CT molecular complexity index is 373. The van der Waals surface area contributed by atoms with Crippen molar-refractivity contribution in [3.05, 3.63) is 35.6 Å². The Balaban J connectivity index is 2.58. The summed E-state index contributed by atoms with van der Waals surface area (Å²) in [4.78, 5) is 0. The average Bonchev–Trinajstić information content (AvgIpc) is 2.31. The van der Waals surface area contributed by atoms with Gasteiger partial charge in [0.15, 0.2) is 0 Å². The summed E-state index contributed by atoms with van der Waals surface area (Å²) in [5.41, 5.74) is 1.24. The quantitative estimate of drug-likeness (QED) is 0.807. The molecule has 0 bridgehead atoms. The summed E-state index contributed by atoms with van der Waals surface area (Å²) in [6.07, 6.45) is 4.25. The Kier molecular flexibility index (Phi) is 6.87. The molecule has 0 saturated carbocycles. The largest absolute Gasteiger partial charge is 0.312 e. The zero-order valence-electron chi connectivity index (χ0n) is 12.5. The topological polar surface area (TPSA) is 12.0 Å². The van der Waals surface area contributed by atoms with Gasteiger partial charge < -0.3 is 5.32 Å². The first-order valence-electron chi connectivity index (χ1n) is 6.89. The molecule has 1 N–H and O–H groups in total. The van der Waals surface area contributed by atoms with Crippen LogP contribution in [0.1, 0.15) is 32.8 Å². The molecule has 0 heterocycles. The summed E-state index contributed by atoms with van der Waals surface area (Å²) < 4.78 is 13.2. The maximum Gasteiger partial charge on any atom is 0.123 e. The summed E-state index contributed by atoms with van der Waals surface area (Å²) in [5, 5.41) is 3.56. The van der Waals surface area contributed by atoms with Gasteiger partial charge in [-0.05, 0) is 75.8 Å². The molecule has 108 valence electrons. The fraction of sp³-hybridized carbons (Fsp3) is 0.625. The summed E-state index contributed by atoms with van der Waals surface area (Å²) in [6.45, 7) is 7.53. The number of benzene rings is 1. The SMILES string of the molecule is CSCCC(CNC(C)(C)C)Cc1cccc(F)c1. The molecular weight excluding hydrogens is 257 g/mol. The predicted octanol–water partition coefficient (Wildman–Crippen LogP) is 4.13. The van der Waals surface area contributed by atoms with E-state index in [9.17, 15) is 4.39 Å². The van der Waals surface area contributed by atoms with Crippen molar-refractivity contribution < 1.29 is 4.39 Å². The van der Waals surface area contributed by atoms with E-state index < -0.39 is 0 Å². The molecule has 0 saturated heterocycles. The number of rotatable bonds is 7. The van der Waals surface area contributed by atoms with Crippen molar-refractivity contribution in [2.45, 2.75) is 39.2 Å². The van der Waals surface area contributed by atoms with Gasteiger partial charge in [0, 0.05) is 5.54 Å². The third kappa shape index (κ3) is 7.58. The van der Waals surface area contributed by atoms with Gasteiger partial charge in [0.1, 0.15) is 5.82 Å². The summed E-state index contributed by atoms with van der Waals surface area (Å²) in [7, 11) is 0. The van der Waals surface area contributed by atoms with E-state index in [1.807, 2.05) is 17.8 Å². The molecule has 3 heteroatoms. The van der Waals surface area contributed by atoms with Gasteiger partial charge in [-0.2, -0.15) is 11.8 Å². The lowest BCUT2D eigenvalue weighted by molar-refractivity contribution is 0.364. The first-order valence-corrected chi connectivity index (χ1v) is 8.28. The average molecular weight is 283 g/mol. The zero-order valence-corrected chi connectivity index (χ0v) is 13.3. The van der Waals surface area contributed by atoms with Crippen molar-refractivity contribution in [1.29, 1.82) is 0 Å². The second-order valence-corrected chi connectivity index (χ2v) is 7.10. The van der Waals surface area contributed by atoms with Crippen molar-refractivity contribution in [3.8, 4) is 0 Å². The highest BCUT2D eigenvalue weighted by Gasteiger charge is 2.14.